The maximum absolute atomic E-state index is 13.5. The first kappa shape index (κ1) is 19.5. The molecule has 3 N–H and O–H groups in total. The molecule has 9 heteroatoms. The van der Waals surface area contributed by atoms with Crippen molar-refractivity contribution >= 4 is 28.3 Å². The minimum absolute atomic E-state index is 0. The lowest BCUT2D eigenvalue weighted by atomic mass is 9.98. The molecule has 0 saturated carbocycles. The summed E-state index contributed by atoms with van der Waals surface area (Å²) in [7, 11) is 0. The van der Waals surface area contributed by atoms with E-state index in [1.165, 1.54) is 18.2 Å². The number of aromatic hydroxyl groups is 1. The van der Waals surface area contributed by atoms with E-state index in [1.54, 1.807) is 0 Å². The van der Waals surface area contributed by atoms with Crippen LogP contribution in [0.4, 0.5) is 17.6 Å². The van der Waals surface area contributed by atoms with E-state index in [4.69, 9.17) is 5.73 Å². The summed E-state index contributed by atoms with van der Waals surface area (Å²) >= 11 is 3.08. The minimum atomic E-state index is -4.78. The number of hydrogen-bond acceptors (Lipinski definition) is 3. The van der Waals surface area contributed by atoms with Gasteiger partial charge in [0.2, 0.25) is 0 Å². The number of halogens is 6. The Morgan fingerprint density at radius 3 is 2.22 bits per heavy atom. The molecular weight excluding hydrogens is 406 g/mol. The van der Waals surface area contributed by atoms with E-state index in [0.717, 1.165) is 18.2 Å². The zero-order valence-corrected chi connectivity index (χ0v) is 13.7. The van der Waals surface area contributed by atoms with Gasteiger partial charge in [0.25, 0.3) is 0 Å². The minimum Gasteiger partial charge on any atom is -0.505 e. The smallest absolute Gasteiger partial charge is 0.505 e. The van der Waals surface area contributed by atoms with E-state index in [0.29, 0.717) is 10.0 Å². The topological polar surface area (TPSA) is 55.5 Å². The van der Waals surface area contributed by atoms with Crippen LogP contribution in [0.1, 0.15) is 17.2 Å². The van der Waals surface area contributed by atoms with Crippen LogP contribution in [0.15, 0.2) is 40.9 Å². The Bertz CT molecular complexity index is 680. The van der Waals surface area contributed by atoms with Crippen LogP contribution >= 0.6 is 28.3 Å². The summed E-state index contributed by atoms with van der Waals surface area (Å²) in [5.41, 5.74) is 6.42. The first-order chi connectivity index (χ1) is 10.2. The number of benzene rings is 2. The van der Waals surface area contributed by atoms with Gasteiger partial charge >= 0.3 is 6.36 Å². The van der Waals surface area contributed by atoms with Crippen molar-refractivity contribution in [3.8, 4) is 11.5 Å². The number of nitrogens with two attached hydrogens (primary N) is 1. The van der Waals surface area contributed by atoms with Gasteiger partial charge in [0.15, 0.2) is 11.6 Å². The SMILES string of the molecule is Cl.N[C@H](c1ccc(OC(F)(F)F)cc1)c1cc(Br)cc(F)c1O. The van der Waals surface area contributed by atoms with Crippen LogP contribution < -0.4 is 10.5 Å². The van der Waals surface area contributed by atoms with E-state index in [9.17, 15) is 22.7 Å². The average Bonchev–Trinajstić information content (AvgIpc) is 2.41. The van der Waals surface area contributed by atoms with Gasteiger partial charge in [0.05, 0.1) is 6.04 Å². The van der Waals surface area contributed by atoms with Crippen LogP contribution in [0.5, 0.6) is 11.5 Å². The van der Waals surface area contributed by atoms with Gasteiger partial charge < -0.3 is 15.6 Å². The largest absolute Gasteiger partial charge is 0.573 e. The summed E-state index contributed by atoms with van der Waals surface area (Å²) < 4.78 is 53.9. The Balaban J connectivity index is 0.00000264. The third-order valence-corrected chi connectivity index (χ3v) is 3.32. The molecule has 0 unspecified atom stereocenters. The van der Waals surface area contributed by atoms with Crippen molar-refractivity contribution in [2.75, 3.05) is 0 Å². The molecule has 2 aromatic rings. The molecule has 2 rings (SSSR count). The highest BCUT2D eigenvalue weighted by molar-refractivity contribution is 9.10. The quantitative estimate of drug-likeness (QED) is 0.716. The van der Waals surface area contributed by atoms with Crippen LogP contribution in [0.2, 0.25) is 0 Å². The first-order valence-electron chi connectivity index (χ1n) is 5.96. The lowest BCUT2D eigenvalue weighted by Crippen LogP contribution is -2.17. The average molecular weight is 417 g/mol. The molecule has 0 radical (unpaired) electrons. The normalized spacial score (nSPS) is 12.4. The molecule has 2 aromatic carbocycles. The molecule has 126 valence electrons. The Morgan fingerprint density at radius 1 is 1.13 bits per heavy atom. The Kier molecular flexibility index (Phi) is 6.26. The van der Waals surface area contributed by atoms with Gasteiger partial charge in [0, 0.05) is 10.0 Å². The highest BCUT2D eigenvalue weighted by atomic mass is 79.9. The van der Waals surface area contributed by atoms with Crippen molar-refractivity contribution in [2.24, 2.45) is 5.73 Å². The molecule has 0 fully saturated rings. The number of rotatable bonds is 3. The summed E-state index contributed by atoms with van der Waals surface area (Å²) in [6.45, 7) is 0. The van der Waals surface area contributed by atoms with E-state index in [-0.39, 0.29) is 18.0 Å². The fourth-order valence-electron chi connectivity index (χ4n) is 1.88. The van der Waals surface area contributed by atoms with Crippen molar-refractivity contribution in [3.63, 3.8) is 0 Å². The predicted molar refractivity (Wildman–Crippen MR) is 82.2 cm³/mol. The van der Waals surface area contributed by atoms with Crippen LogP contribution in [0.25, 0.3) is 0 Å². The third-order valence-electron chi connectivity index (χ3n) is 2.87. The Morgan fingerprint density at radius 2 is 1.70 bits per heavy atom. The molecule has 0 amide bonds. The van der Waals surface area contributed by atoms with Crippen LogP contribution in [0, 0.1) is 5.82 Å². The van der Waals surface area contributed by atoms with Gasteiger partial charge in [-0.15, -0.1) is 25.6 Å². The van der Waals surface area contributed by atoms with Crippen LogP contribution in [-0.4, -0.2) is 11.5 Å². The van der Waals surface area contributed by atoms with Gasteiger partial charge in [-0.25, -0.2) is 4.39 Å². The van der Waals surface area contributed by atoms with Crippen molar-refractivity contribution < 1.29 is 27.4 Å². The molecule has 0 aromatic heterocycles. The van der Waals surface area contributed by atoms with Gasteiger partial charge in [0.1, 0.15) is 5.75 Å². The molecule has 0 saturated heterocycles. The number of ether oxygens (including phenoxy) is 1. The van der Waals surface area contributed by atoms with Gasteiger partial charge in [-0.05, 0) is 29.8 Å². The summed E-state index contributed by atoms with van der Waals surface area (Å²) in [6.07, 6.45) is -4.78. The summed E-state index contributed by atoms with van der Waals surface area (Å²) in [6, 6.07) is 6.40. The highest BCUT2D eigenvalue weighted by Crippen LogP contribution is 2.33. The molecule has 0 heterocycles. The molecule has 0 aliphatic rings. The summed E-state index contributed by atoms with van der Waals surface area (Å²) in [5.74, 6) is -1.85. The van der Waals surface area contributed by atoms with E-state index in [2.05, 4.69) is 20.7 Å². The maximum atomic E-state index is 13.5. The number of hydrogen-bond donors (Lipinski definition) is 2. The van der Waals surface area contributed by atoms with Crippen LogP contribution in [-0.2, 0) is 0 Å². The summed E-state index contributed by atoms with van der Waals surface area (Å²) in [4.78, 5) is 0. The molecular formula is C14H11BrClF4NO2. The van der Waals surface area contributed by atoms with Gasteiger partial charge in [-0.3, -0.25) is 0 Å². The van der Waals surface area contributed by atoms with Crippen molar-refractivity contribution in [1.29, 1.82) is 0 Å². The summed E-state index contributed by atoms with van der Waals surface area (Å²) in [5, 5.41) is 9.71. The fraction of sp³-hybridized carbons (Fsp3) is 0.143. The molecule has 0 aliphatic carbocycles. The lowest BCUT2D eigenvalue weighted by Gasteiger charge is -2.16. The van der Waals surface area contributed by atoms with Gasteiger partial charge in [-0.2, -0.15) is 0 Å². The standard InChI is InChI=1S/C14H10BrF4NO2.ClH/c15-8-5-10(13(21)11(16)6-8)12(20)7-1-3-9(4-2-7)22-14(17,18)19;/h1-6,12,21H,20H2;1H/t12-;/m1./s1. The van der Waals surface area contributed by atoms with Crippen molar-refractivity contribution in [3.05, 3.63) is 57.8 Å². The van der Waals surface area contributed by atoms with Crippen molar-refractivity contribution in [2.45, 2.75) is 12.4 Å². The number of phenols is 1. The maximum Gasteiger partial charge on any atom is 0.573 e. The second-order valence-corrected chi connectivity index (χ2v) is 5.34. The van der Waals surface area contributed by atoms with Crippen molar-refractivity contribution in [1.82, 2.24) is 0 Å². The zero-order valence-electron chi connectivity index (χ0n) is 11.3. The fourth-order valence-corrected chi connectivity index (χ4v) is 2.33. The first-order valence-corrected chi connectivity index (χ1v) is 6.76. The van der Waals surface area contributed by atoms with E-state index in [1.807, 2.05) is 0 Å². The highest BCUT2D eigenvalue weighted by Gasteiger charge is 2.31. The van der Waals surface area contributed by atoms with Gasteiger partial charge in [-0.1, -0.05) is 28.1 Å². The molecule has 0 bridgehead atoms. The lowest BCUT2D eigenvalue weighted by molar-refractivity contribution is -0.274. The second kappa shape index (κ2) is 7.37. The monoisotopic (exact) mass is 415 g/mol. The Hall–Kier alpha value is -1.51. The predicted octanol–water partition coefficient (Wildman–Crippen LogP) is 4.66. The molecule has 0 aliphatic heterocycles. The molecule has 23 heavy (non-hydrogen) atoms. The number of phenolic OH excluding ortho intramolecular Hbond substituents is 1. The molecule has 0 spiro atoms. The van der Waals surface area contributed by atoms with Crippen LogP contribution in [0.3, 0.4) is 0 Å². The van der Waals surface area contributed by atoms with E-state index < -0.39 is 29.7 Å². The Labute approximate surface area is 143 Å². The number of alkyl halides is 3. The third kappa shape index (κ3) is 4.98. The molecule has 3 nitrogen and oxygen atoms in total. The molecule has 1 atom stereocenters. The second-order valence-electron chi connectivity index (χ2n) is 4.42. The van der Waals surface area contributed by atoms with E-state index >= 15 is 0 Å². The zero-order chi connectivity index (χ0) is 16.5.